The number of carbonyl (C=O) groups excluding carboxylic acids is 2. The minimum absolute atomic E-state index is 0.0827. The fraction of sp³-hybridized carbons (Fsp3) is 0.529. The smallest absolute Gasteiger partial charge is 0.410 e. The molecule has 1 amide bonds. The maximum Gasteiger partial charge on any atom is 0.410 e. The van der Waals surface area contributed by atoms with Crippen molar-refractivity contribution in [2.45, 2.75) is 38.7 Å². The van der Waals surface area contributed by atoms with Gasteiger partial charge in [0.15, 0.2) is 0 Å². The van der Waals surface area contributed by atoms with Crippen molar-refractivity contribution in [3.8, 4) is 0 Å². The van der Waals surface area contributed by atoms with Crippen LogP contribution in [0.3, 0.4) is 0 Å². The van der Waals surface area contributed by atoms with E-state index in [-0.39, 0.29) is 11.5 Å². The summed E-state index contributed by atoms with van der Waals surface area (Å²) in [6.07, 6.45) is 0.227. The lowest BCUT2D eigenvalue weighted by Gasteiger charge is -2.24. The number of esters is 1. The first-order chi connectivity index (χ1) is 10.7. The Morgan fingerprint density at radius 3 is 2.61 bits per heavy atom. The molecule has 2 rings (SSSR count). The Morgan fingerprint density at radius 1 is 1.30 bits per heavy atom. The summed E-state index contributed by atoms with van der Waals surface area (Å²) in [4.78, 5) is 25.2. The maximum atomic E-state index is 14.5. The molecule has 23 heavy (non-hydrogen) atoms. The van der Waals surface area contributed by atoms with Gasteiger partial charge in [-0.15, -0.1) is 0 Å². The number of ether oxygens (including phenoxy) is 2. The van der Waals surface area contributed by atoms with Gasteiger partial charge in [-0.1, -0.05) is 12.1 Å². The van der Waals surface area contributed by atoms with E-state index in [0.29, 0.717) is 25.1 Å². The molecule has 1 heterocycles. The third kappa shape index (κ3) is 4.00. The summed E-state index contributed by atoms with van der Waals surface area (Å²) in [5.41, 5.74) is -0.217. The van der Waals surface area contributed by atoms with Gasteiger partial charge in [-0.2, -0.15) is 0 Å². The molecule has 0 bridgehead atoms. The van der Waals surface area contributed by atoms with Gasteiger partial charge in [0.1, 0.15) is 11.4 Å². The van der Waals surface area contributed by atoms with Crippen molar-refractivity contribution in [1.82, 2.24) is 4.90 Å². The van der Waals surface area contributed by atoms with Crippen molar-refractivity contribution in [2.75, 3.05) is 20.2 Å². The van der Waals surface area contributed by atoms with Crippen LogP contribution in [0.15, 0.2) is 18.2 Å². The molecule has 1 saturated heterocycles. The highest BCUT2D eigenvalue weighted by Gasteiger charge is 2.32. The molecule has 0 saturated carbocycles. The van der Waals surface area contributed by atoms with Gasteiger partial charge in [-0.05, 0) is 38.8 Å². The molecule has 0 radical (unpaired) electrons. The molecule has 126 valence electrons. The number of hydrogen-bond acceptors (Lipinski definition) is 4. The highest BCUT2D eigenvalue weighted by Crippen LogP contribution is 2.31. The molecule has 1 aromatic rings. The summed E-state index contributed by atoms with van der Waals surface area (Å²) in [6.45, 7) is 6.28. The van der Waals surface area contributed by atoms with Crippen molar-refractivity contribution < 1.29 is 23.5 Å². The summed E-state index contributed by atoms with van der Waals surface area (Å²) in [5.74, 6) is -1.44. The first kappa shape index (κ1) is 17.2. The summed E-state index contributed by atoms with van der Waals surface area (Å²) >= 11 is 0. The zero-order chi connectivity index (χ0) is 17.2. The van der Waals surface area contributed by atoms with Gasteiger partial charge >= 0.3 is 12.1 Å². The molecule has 1 aliphatic heterocycles. The zero-order valence-electron chi connectivity index (χ0n) is 13.9. The molecular weight excluding hydrogens is 301 g/mol. The molecule has 1 atom stereocenters. The summed E-state index contributed by atoms with van der Waals surface area (Å²) in [7, 11) is 1.22. The van der Waals surface area contributed by atoms with Crippen molar-refractivity contribution in [3.05, 3.63) is 35.1 Å². The molecule has 5 nitrogen and oxygen atoms in total. The quantitative estimate of drug-likeness (QED) is 0.783. The largest absolute Gasteiger partial charge is 0.465 e. The lowest BCUT2D eigenvalue weighted by atomic mass is 9.96. The van der Waals surface area contributed by atoms with Crippen LogP contribution in [0.1, 0.15) is 49.0 Å². The number of nitrogens with zero attached hydrogens (tertiary/aromatic N) is 1. The molecule has 1 aromatic carbocycles. The zero-order valence-corrected chi connectivity index (χ0v) is 13.9. The number of benzene rings is 1. The van der Waals surface area contributed by atoms with Gasteiger partial charge in [0, 0.05) is 19.0 Å². The fourth-order valence-electron chi connectivity index (χ4n) is 2.64. The first-order valence-corrected chi connectivity index (χ1v) is 7.57. The normalized spacial score (nSPS) is 18.0. The highest BCUT2D eigenvalue weighted by atomic mass is 19.1. The second-order valence-electron chi connectivity index (χ2n) is 6.61. The third-order valence-corrected chi connectivity index (χ3v) is 3.71. The lowest BCUT2D eigenvalue weighted by Crippen LogP contribution is -2.35. The van der Waals surface area contributed by atoms with Gasteiger partial charge in [0.25, 0.3) is 0 Å². The summed E-state index contributed by atoms with van der Waals surface area (Å²) in [6, 6.07) is 4.66. The number of hydrogen-bond donors (Lipinski definition) is 0. The molecule has 1 unspecified atom stereocenters. The predicted molar refractivity (Wildman–Crippen MR) is 82.9 cm³/mol. The van der Waals surface area contributed by atoms with E-state index in [1.54, 1.807) is 37.8 Å². The second kappa shape index (κ2) is 6.56. The van der Waals surface area contributed by atoms with Gasteiger partial charge in [-0.25, -0.2) is 14.0 Å². The highest BCUT2D eigenvalue weighted by molar-refractivity contribution is 5.89. The minimum atomic E-state index is -0.702. The molecule has 0 aromatic heterocycles. The number of rotatable bonds is 2. The Bertz CT molecular complexity index is 609. The number of carbonyl (C=O) groups is 2. The van der Waals surface area contributed by atoms with E-state index in [1.165, 1.54) is 13.2 Å². The van der Waals surface area contributed by atoms with Gasteiger partial charge in [0.05, 0.1) is 12.7 Å². The van der Waals surface area contributed by atoms with Crippen LogP contribution in [0, 0.1) is 5.82 Å². The number of likely N-dealkylation sites (tertiary alicyclic amines) is 1. The Kier molecular flexibility index (Phi) is 4.92. The predicted octanol–water partition coefficient (Wildman–Crippen LogP) is 3.34. The van der Waals surface area contributed by atoms with E-state index < -0.39 is 23.5 Å². The van der Waals surface area contributed by atoms with Crippen LogP contribution in [0.4, 0.5) is 9.18 Å². The topological polar surface area (TPSA) is 55.8 Å². The van der Waals surface area contributed by atoms with Crippen LogP contribution in [0.2, 0.25) is 0 Å². The molecule has 1 aliphatic rings. The molecule has 6 heteroatoms. The van der Waals surface area contributed by atoms with Crippen molar-refractivity contribution in [1.29, 1.82) is 0 Å². The van der Waals surface area contributed by atoms with E-state index in [9.17, 15) is 14.0 Å². The average molecular weight is 323 g/mol. The maximum absolute atomic E-state index is 14.5. The van der Waals surface area contributed by atoms with E-state index >= 15 is 0 Å². The van der Waals surface area contributed by atoms with Crippen molar-refractivity contribution in [3.63, 3.8) is 0 Å². The fourth-order valence-corrected chi connectivity index (χ4v) is 2.64. The van der Waals surface area contributed by atoms with Gasteiger partial charge in [-0.3, -0.25) is 0 Å². The third-order valence-electron chi connectivity index (χ3n) is 3.71. The summed E-state index contributed by atoms with van der Waals surface area (Å²) < 4.78 is 24.4. The first-order valence-electron chi connectivity index (χ1n) is 7.57. The number of halogens is 1. The molecule has 1 fully saturated rings. The lowest BCUT2D eigenvalue weighted by molar-refractivity contribution is 0.0292. The van der Waals surface area contributed by atoms with Crippen LogP contribution >= 0.6 is 0 Å². The Labute approximate surface area is 135 Å². The second-order valence-corrected chi connectivity index (χ2v) is 6.61. The SMILES string of the molecule is COC(=O)c1cccc(C2CCN(C(=O)OC(C)(C)C)C2)c1F. The van der Waals surface area contributed by atoms with Crippen LogP contribution < -0.4 is 0 Å². The summed E-state index contributed by atoms with van der Waals surface area (Å²) in [5, 5.41) is 0. The van der Waals surface area contributed by atoms with Crippen molar-refractivity contribution in [2.24, 2.45) is 0 Å². The molecule has 0 spiro atoms. The van der Waals surface area contributed by atoms with Gasteiger partial charge in [0.2, 0.25) is 0 Å². The van der Waals surface area contributed by atoms with E-state index in [2.05, 4.69) is 4.74 Å². The van der Waals surface area contributed by atoms with Gasteiger partial charge < -0.3 is 14.4 Å². The Morgan fingerprint density at radius 2 is 2.00 bits per heavy atom. The van der Waals surface area contributed by atoms with Crippen LogP contribution in [0.5, 0.6) is 0 Å². The standard InChI is InChI=1S/C17H22FNO4/c1-17(2,3)23-16(21)19-9-8-11(10-19)12-6-5-7-13(14(12)18)15(20)22-4/h5-7,11H,8-10H2,1-4H3. The van der Waals surface area contributed by atoms with E-state index in [0.717, 1.165) is 0 Å². The van der Waals surface area contributed by atoms with Crippen LogP contribution in [0.25, 0.3) is 0 Å². The molecule has 0 aliphatic carbocycles. The Hall–Kier alpha value is -2.11. The van der Waals surface area contributed by atoms with E-state index in [4.69, 9.17) is 4.74 Å². The average Bonchev–Trinajstić information content (AvgIpc) is 2.94. The monoisotopic (exact) mass is 323 g/mol. The minimum Gasteiger partial charge on any atom is -0.465 e. The van der Waals surface area contributed by atoms with Crippen LogP contribution in [-0.4, -0.2) is 42.8 Å². The number of amides is 1. The van der Waals surface area contributed by atoms with Crippen molar-refractivity contribution >= 4 is 12.1 Å². The molecular formula is C17H22FNO4. The number of methoxy groups -OCH3 is 1. The Balaban J connectivity index is 2.13. The van der Waals surface area contributed by atoms with Crippen LogP contribution in [-0.2, 0) is 9.47 Å². The molecule has 0 N–H and O–H groups in total. The van der Waals surface area contributed by atoms with E-state index in [1.807, 2.05) is 0 Å².